The highest BCUT2D eigenvalue weighted by Crippen LogP contribution is 2.14. The van der Waals surface area contributed by atoms with E-state index in [1.807, 2.05) is 6.92 Å². The number of hydrogen-bond acceptors (Lipinski definition) is 5. The molecule has 0 amide bonds. The third-order valence-corrected chi connectivity index (χ3v) is 5.27. The van der Waals surface area contributed by atoms with Crippen molar-refractivity contribution in [2.24, 2.45) is 0 Å². The van der Waals surface area contributed by atoms with E-state index in [0.717, 1.165) is 0 Å². The zero-order chi connectivity index (χ0) is 15.5. The predicted molar refractivity (Wildman–Crippen MR) is 79.4 cm³/mol. The monoisotopic (exact) mass is 312 g/mol. The van der Waals surface area contributed by atoms with Crippen molar-refractivity contribution in [3.05, 3.63) is 35.4 Å². The molecule has 6 nitrogen and oxygen atoms in total. The maximum absolute atomic E-state index is 12.4. The summed E-state index contributed by atoms with van der Waals surface area (Å²) in [4.78, 5) is 11.3. The Morgan fingerprint density at radius 3 is 2.62 bits per heavy atom. The van der Waals surface area contributed by atoms with E-state index in [-0.39, 0.29) is 11.8 Å². The summed E-state index contributed by atoms with van der Waals surface area (Å²) in [5.74, 6) is -0.485. The molecule has 1 aliphatic rings. The number of methoxy groups -OCH3 is 1. The summed E-state index contributed by atoms with van der Waals surface area (Å²) in [5, 5.41) is 3.22. The largest absolute Gasteiger partial charge is 0.465 e. The number of carbonyl (C=O) groups excluding carboxylic acids is 1. The Morgan fingerprint density at radius 2 is 2.05 bits per heavy atom. The minimum atomic E-state index is -3.33. The highest BCUT2D eigenvalue weighted by atomic mass is 32.2. The minimum absolute atomic E-state index is 0.0544. The van der Waals surface area contributed by atoms with Crippen LogP contribution in [0.1, 0.15) is 22.8 Å². The molecule has 1 saturated heterocycles. The first kappa shape index (κ1) is 15.9. The Balaban J connectivity index is 2.08. The lowest BCUT2D eigenvalue weighted by atomic mass is 10.1. The fourth-order valence-electron chi connectivity index (χ4n) is 2.31. The number of ether oxygens (including phenoxy) is 1. The van der Waals surface area contributed by atoms with Gasteiger partial charge >= 0.3 is 5.97 Å². The summed E-state index contributed by atoms with van der Waals surface area (Å²) in [6.07, 6.45) is 0. The second-order valence-corrected chi connectivity index (χ2v) is 7.13. The molecule has 0 saturated carbocycles. The quantitative estimate of drug-likeness (QED) is 0.824. The number of hydrogen-bond donors (Lipinski definition) is 1. The van der Waals surface area contributed by atoms with Gasteiger partial charge in [0.15, 0.2) is 0 Å². The molecule has 0 aromatic heterocycles. The molecule has 1 N–H and O–H groups in total. The fourth-order valence-corrected chi connectivity index (χ4v) is 3.92. The van der Waals surface area contributed by atoms with E-state index in [9.17, 15) is 13.2 Å². The van der Waals surface area contributed by atoms with Crippen LogP contribution in [-0.2, 0) is 20.5 Å². The van der Waals surface area contributed by atoms with Gasteiger partial charge in [0.1, 0.15) is 0 Å². The highest BCUT2D eigenvalue weighted by molar-refractivity contribution is 7.88. The summed E-state index contributed by atoms with van der Waals surface area (Å²) in [5.41, 5.74) is 1.07. The molecule has 7 heteroatoms. The molecule has 0 radical (unpaired) electrons. The molecule has 1 aliphatic heterocycles. The Hall–Kier alpha value is -1.44. The van der Waals surface area contributed by atoms with Crippen molar-refractivity contribution in [2.45, 2.75) is 18.7 Å². The molecule has 1 atom stereocenters. The van der Waals surface area contributed by atoms with Crippen LogP contribution in [0, 0.1) is 0 Å². The molecular weight excluding hydrogens is 292 g/mol. The lowest BCUT2D eigenvalue weighted by molar-refractivity contribution is 0.0600. The molecular formula is C14H20N2O4S. The average Bonchev–Trinajstić information content (AvgIpc) is 2.47. The second-order valence-electron chi connectivity index (χ2n) is 5.16. The molecule has 1 fully saturated rings. The van der Waals surface area contributed by atoms with E-state index >= 15 is 0 Å². The van der Waals surface area contributed by atoms with E-state index in [2.05, 4.69) is 10.1 Å². The average molecular weight is 312 g/mol. The van der Waals surface area contributed by atoms with Crippen molar-refractivity contribution in [1.82, 2.24) is 9.62 Å². The standard InChI is InChI=1S/C14H20N2O4S/c1-11-9-16(8-7-15-11)21(18,19)10-12-3-5-13(6-4-12)14(17)20-2/h3-6,11,15H,7-10H2,1-2H3/t11-/m0/s1. The molecule has 1 heterocycles. The molecule has 0 aliphatic carbocycles. The molecule has 116 valence electrons. The Kier molecular flexibility index (Phi) is 4.97. The Morgan fingerprint density at radius 1 is 1.38 bits per heavy atom. The van der Waals surface area contributed by atoms with Crippen molar-refractivity contribution in [1.29, 1.82) is 0 Å². The summed E-state index contributed by atoms with van der Waals surface area (Å²) in [7, 11) is -2.02. The SMILES string of the molecule is COC(=O)c1ccc(CS(=O)(=O)N2CCN[C@@H](C)C2)cc1. The van der Waals surface area contributed by atoms with E-state index in [1.54, 1.807) is 24.3 Å². The molecule has 2 rings (SSSR count). The van der Waals surface area contributed by atoms with Gasteiger partial charge in [0.05, 0.1) is 18.4 Å². The molecule has 0 spiro atoms. The lowest BCUT2D eigenvalue weighted by Crippen LogP contribution is -2.51. The van der Waals surface area contributed by atoms with Gasteiger partial charge in [-0.1, -0.05) is 12.1 Å². The number of carbonyl (C=O) groups is 1. The topological polar surface area (TPSA) is 75.7 Å². The zero-order valence-electron chi connectivity index (χ0n) is 12.2. The third kappa shape index (κ3) is 4.03. The van der Waals surface area contributed by atoms with Crippen LogP contribution in [0.5, 0.6) is 0 Å². The van der Waals surface area contributed by atoms with E-state index in [0.29, 0.717) is 30.8 Å². The number of piperazine rings is 1. The minimum Gasteiger partial charge on any atom is -0.465 e. The first-order valence-corrected chi connectivity index (χ1v) is 8.42. The Bertz CT molecular complexity index is 598. The van der Waals surface area contributed by atoms with Gasteiger partial charge in [-0.05, 0) is 24.6 Å². The second kappa shape index (κ2) is 6.55. The van der Waals surface area contributed by atoms with Crippen molar-refractivity contribution in [2.75, 3.05) is 26.7 Å². The number of sulfonamides is 1. The molecule has 1 aromatic carbocycles. The van der Waals surface area contributed by atoms with Gasteiger partial charge in [-0.25, -0.2) is 13.2 Å². The number of nitrogens with zero attached hydrogens (tertiary/aromatic N) is 1. The summed E-state index contributed by atoms with van der Waals surface area (Å²) in [6.45, 7) is 3.62. The fraction of sp³-hybridized carbons (Fsp3) is 0.500. The smallest absolute Gasteiger partial charge is 0.337 e. The van der Waals surface area contributed by atoms with Crippen LogP contribution in [0.25, 0.3) is 0 Å². The first-order valence-electron chi connectivity index (χ1n) is 6.81. The Labute approximate surface area is 125 Å². The normalized spacial score (nSPS) is 20.2. The van der Waals surface area contributed by atoms with Gasteiger partial charge < -0.3 is 10.1 Å². The van der Waals surface area contributed by atoms with Crippen LogP contribution in [0.15, 0.2) is 24.3 Å². The van der Waals surface area contributed by atoms with Crippen molar-refractivity contribution in [3.8, 4) is 0 Å². The third-order valence-electron chi connectivity index (χ3n) is 3.45. The molecule has 21 heavy (non-hydrogen) atoms. The van der Waals surface area contributed by atoms with Gasteiger partial charge in [-0.2, -0.15) is 4.31 Å². The molecule has 0 bridgehead atoms. The van der Waals surface area contributed by atoms with Crippen LogP contribution in [-0.4, -0.2) is 51.5 Å². The van der Waals surface area contributed by atoms with E-state index in [4.69, 9.17) is 0 Å². The van der Waals surface area contributed by atoms with E-state index < -0.39 is 16.0 Å². The molecule has 0 unspecified atom stereocenters. The van der Waals surface area contributed by atoms with Gasteiger partial charge in [-0.3, -0.25) is 0 Å². The predicted octanol–water partition coefficient (Wildman–Crippen LogP) is 0.597. The lowest BCUT2D eigenvalue weighted by Gasteiger charge is -2.31. The van der Waals surface area contributed by atoms with Crippen LogP contribution in [0.3, 0.4) is 0 Å². The number of esters is 1. The number of nitrogens with one attached hydrogen (secondary N) is 1. The summed E-state index contributed by atoms with van der Waals surface area (Å²) in [6, 6.07) is 6.62. The van der Waals surface area contributed by atoms with Crippen molar-refractivity contribution >= 4 is 16.0 Å². The number of rotatable bonds is 4. The van der Waals surface area contributed by atoms with Crippen LogP contribution < -0.4 is 5.32 Å². The maximum Gasteiger partial charge on any atom is 0.337 e. The van der Waals surface area contributed by atoms with Crippen LogP contribution in [0.4, 0.5) is 0 Å². The van der Waals surface area contributed by atoms with Crippen LogP contribution >= 0.6 is 0 Å². The number of benzene rings is 1. The van der Waals surface area contributed by atoms with E-state index in [1.165, 1.54) is 11.4 Å². The van der Waals surface area contributed by atoms with Crippen LogP contribution in [0.2, 0.25) is 0 Å². The van der Waals surface area contributed by atoms with Gasteiger partial charge in [0.25, 0.3) is 0 Å². The van der Waals surface area contributed by atoms with Crippen molar-refractivity contribution in [3.63, 3.8) is 0 Å². The molecule has 1 aromatic rings. The zero-order valence-corrected chi connectivity index (χ0v) is 13.0. The van der Waals surface area contributed by atoms with Gasteiger partial charge in [0, 0.05) is 25.7 Å². The highest BCUT2D eigenvalue weighted by Gasteiger charge is 2.26. The summed E-state index contributed by atoms with van der Waals surface area (Å²) >= 11 is 0. The van der Waals surface area contributed by atoms with Gasteiger partial charge in [0.2, 0.25) is 10.0 Å². The van der Waals surface area contributed by atoms with Gasteiger partial charge in [-0.15, -0.1) is 0 Å². The maximum atomic E-state index is 12.4. The first-order chi connectivity index (χ1) is 9.92. The summed E-state index contributed by atoms with van der Waals surface area (Å²) < 4.78 is 30.9. The van der Waals surface area contributed by atoms with Crippen molar-refractivity contribution < 1.29 is 17.9 Å².